The van der Waals surface area contributed by atoms with Gasteiger partial charge in [0, 0.05) is 41.3 Å². The monoisotopic (exact) mass is 514 g/mol. The molecular formula is C28H27ClN6O2. The van der Waals surface area contributed by atoms with Crippen molar-refractivity contribution in [3.63, 3.8) is 0 Å². The van der Waals surface area contributed by atoms with E-state index in [1.807, 2.05) is 99.4 Å². The Morgan fingerprint density at radius 2 is 1.73 bits per heavy atom. The van der Waals surface area contributed by atoms with Gasteiger partial charge in [-0.3, -0.25) is 24.5 Å². The zero-order chi connectivity index (χ0) is 26.4. The Morgan fingerprint density at radius 1 is 1.00 bits per heavy atom. The fourth-order valence-electron chi connectivity index (χ4n) is 3.79. The first-order valence-corrected chi connectivity index (χ1v) is 12.3. The third-order valence-corrected chi connectivity index (χ3v) is 5.91. The number of H-pyrrole nitrogens is 1. The SMILES string of the molecule is CC.CC(N=C(c1ccc2nccnc2c1)N(C)c1cccc(-c2noc(=O)[nH]2)c1)c1ccc(Cl)cc1. The predicted octanol–water partition coefficient (Wildman–Crippen LogP) is 6.30. The van der Waals surface area contributed by atoms with Crippen molar-refractivity contribution in [1.82, 2.24) is 20.1 Å². The molecule has 3 aromatic carbocycles. The highest BCUT2D eigenvalue weighted by Gasteiger charge is 2.17. The Balaban J connectivity index is 0.00000156. The summed E-state index contributed by atoms with van der Waals surface area (Å²) in [5, 5.41) is 4.48. The second kappa shape index (κ2) is 11.6. The van der Waals surface area contributed by atoms with Crippen molar-refractivity contribution in [1.29, 1.82) is 0 Å². The Kier molecular flexibility index (Phi) is 8.10. The largest absolute Gasteiger partial charge is 0.439 e. The molecule has 2 heterocycles. The highest BCUT2D eigenvalue weighted by Crippen LogP contribution is 2.26. The van der Waals surface area contributed by atoms with E-state index in [4.69, 9.17) is 16.6 Å². The number of anilines is 1. The highest BCUT2D eigenvalue weighted by molar-refractivity contribution is 6.30. The van der Waals surface area contributed by atoms with Crippen LogP contribution in [0.2, 0.25) is 5.02 Å². The molecule has 0 amide bonds. The third-order valence-electron chi connectivity index (χ3n) is 5.66. The summed E-state index contributed by atoms with van der Waals surface area (Å²) < 4.78 is 4.67. The molecule has 2 aromatic heterocycles. The quantitative estimate of drug-likeness (QED) is 0.218. The Labute approximate surface area is 219 Å². The van der Waals surface area contributed by atoms with E-state index in [1.165, 1.54) is 0 Å². The molecule has 1 N–H and O–H groups in total. The molecule has 0 aliphatic carbocycles. The number of fused-ring (bicyclic) bond motifs is 1. The summed E-state index contributed by atoms with van der Waals surface area (Å²) in [6.45, 7) is 6.04. The molecule has 37 heavy (non-hydrogen) atoms. The van der Waals surface area contributed by atoms with Crippen LogP contribution in [0.3, 0.4) is 0 Å². The van der Waals surface area contributed by atoms with E-state index in [-0.39, 0.29) is 6.04 Å². The van der Waals surface area contributed by atoms with E-state index in [0.717, 1.165) is 39.2 Å². The zero-order valence-electron chi connectivity index (χ0n) is 21.0. The van der Waals surface area contributed by atoms with Gasteiger partial charge in [0.25, 0.3) is 0 Å². The summed E-state index contributed by atoms with van der Waals surface area (Å²) in [6, 6.07) is 21.0. The van der Waals surface area contributed by atoms with Crippen LogP contribution in [-0.4, -0.2) is 33.0 Å². The van der Waals surface area contributed by atoms with Crippen LogP contribution in [0.1, 0.15) is 37.9 Å². The molecule has 1 atom stereocenters. The number of amidine groups is 1. The van der Waals surface area contributed by atoms with Gasteiger partial charge in [0.2, 0.25) is 0 Å². The van der Waals surface area contributed by atoms with Crippen molar-refractivity contribution in [2.24, 2.45) is 4.99 Å². The molecular weight excluding hydrogens is 488 g/mol. The predicted molar refractivity (Wildman–Crippen MR) is 148 cm³/mol. The fourth-order valence-corrected chi connectivity index (χ4v) is 3.92. The van der Waals surface area contributed by atoms with E-state index in [1.54, 1.807) is 12.4 Å². The first-order valence-electron chi connectivity index (χ1n) is 11.9. The lowest BCUT2D eigenvalue weighted by Gasteiger charge is -2.24. The molecule has 0 aliphatic rings. The smallest absolute Gasteiger partial charge is 0.329 e. The van der Waals surface area contributed by atoms with E-state index < -0.39 is 5.76 Å². The molecule has 0 aliphatic heterocycles. The molecule has 5 aromatic rings. The number of aliphatic imine (C=N–C) groups is 1. The minimum absolute atomic E-state index is 0.141. The van der Waals surface area contributed by atoms with Gasteiger partial charge in [-0.15, -0.1) is 0 Å². The lowest BCUT2D eigenvalue weighted by molar-refractivity contribution is 0.388. The van der Waals surface area contributed by atoms with Crippen molar-refractivity contribution in [3.05, 3.63) is 106 Å². The number of rotatable bonds is 5. The third kappa shape index (κ3) is 5.92. The standard InChI is InChI=1S/C26H21ClN6O2.C2H6/c1-16(17-6-9-20(27)10-7-17)30-25(19-8-11-22-23(15-19)29-13-12-28-22)33(2)21-5-3-4-18(14-21)24-31-26(34)35-32-24;1-2/h3-16H,1-2H3,(H,31,32,34);1-2H3. The number of nitrogens with zero attached hydrogens (tertiary/aromatic N) is 5. The molecule has 0 radical (unpaired) electrons. The number of benzene rings is 3. The molecule has 0 bridgehead atoms. The summed E-state index contributed by atoms with van der Waals surface area (Å²) in [5.74, 6) is 0.500. The van der Waals surface area contributed by atoms with Gasteiger partial charge in [-0.05, 0) is 55.0 Å². The maximum absolute atomic E-state index is 11.4. The van der Waals surface area contributed by atoms with Gasteiger partial charge < -0.3 is 4.90 Å². The highest BCUT2D eigenvalue weighted by atomic mass is 35.5. The van der Waals surface area contributed by atoms with Crippen LogP contribution < -0.4 is 10.7 Å². The fraction of sp³-hybridized carbons (Fsp3) is 0.179. The molecule has 0 saturated heterocycles. The van der Waals surface area contributed by atoms with Crippen LogP contribution in [0.15, 0.2) is 93.4 Å². The van der Waals surface area contributed by atoms with Crippen molar-refractivity contribution in [3.8, 4) is 11.4 Å². The second-order valence-electron chi connectivity index (χ2n) is 7.99. The van der Waals surface area contributed by atoms with Crippen LogP contribution in [0.5, 0.6) is 0 Å². The number of aromatic nitrogens is 4. The van der Waals surface area contributed by atoms with Gasteiger partial charge in [-0.2, -0.15) is 0 Å². The van der Waals surface area contributed by atoms with Gasteiger partial charge >= 0.3 is 5.76 Å². The summed E-state index contributed by atoms with van der Waals surface area (Å²) in [5.41, 5.74) is 5.08. The topological polar surface area (TPSA) is 100 Å². The van der Waals surface area contributed by atoms with Crippen LogP contribution >= 0.6 is 11.6 Å². The lowest BCUT2D eigenvalue weighted by atomic mass is 10.1. The summed E-state index contributed by atoms with van der Waals surface area (Å²) >= 11 is 6.08. The number of hydrogen-bond acceptors (Lipinski definition) is 6. The Hall–Kier alpha value is -4.30. The number of halogens is 1. The summed E-state index contributed by atoms with van der Waals surface area (Å²) in [6.07, 6.45) is 3.34. The number of hydrogen-bond donors (Lipinski definition) is 1. The van der Waals surface area contributed by atoms with Crippen LogP contribution in [0.25, 0.3) is 22.4 Å². The van der Waals surface area contributed by atoms with Gasteiger partial charge in [0.05, 0.1) is 17.1 Å². The van der Waals surface area contributed by atoms with E-state index >= 15 is 0 Å². The van der Waals surface area contributed by atoms with Crippen LogP contribution in [-0.2, 0) is 0 Å². The van der Waals surface area contributed by atoms with Gasteiger partial charge in [0.1, 0.15) is 5.84 Å². The van der Waals surface area contributed by atoms with Crippen molar-refractivity contribution >= 4 is 34.2 Å². The van der Waals surface area contributed by atoms with Crippen LogP contribution in [0, 0.1) is 0 Å². The molecule has 0 saturated carbocycles. The van der Waals surface area contributed by atoms with E-state index in [0.29, 0.717) is 10.8 Å². The molecule has 9 heteroatoms. The van der Waals surface area contributed by atoms with Crippen LogP contribution in [0.4, 0.5) is 5.69 Å². The van der Waals surface area contributed by atoms with Gasteiger partial charge in [-0.1, -0.05) is 54.9 Å². The molecule has 0 fully saturated rings. The zero-order valence-corrected chi connectivity index (χ0v) is 21.8. The Morgan fingerprint density at radius 3 is 2.43 bits per heavy atom. The van der Waals surface area contributed by atoms with Crippen molar-refractivity contribution in [2.45, 2.75) is 26.8 Å². The lowest BCUT2D eigenvalue weighted by Crippen LogP contribution is -2.28. The maximum atomic E-state index is 11.4. The molecule has 1 unspecified atom stereocenters. The molecule has 0 spiro atoms. The first kappa shape index (κ1) is 25.8. The van der Waals surface area contributed by atoms with E-state index in [9.17, 15) is 4.79 Å². The average molecular weight is 515 g/mol. The molecule has 188 valence electrons. The normalized spacial score (nSPS) is 12.1. The maximum Gasteiger partial charge on any atom is 0.439 e. The average Bonchev–Trinajstić information content (AvgIpc) is 3.39. The van der Waals surface area contributed by atoms with Crippen molar-refractivity contribution < 1.29 is 4.52 Å². The summed E-state index contributed by atoms with van der Waals surface area (Å²) in [7, 11) is 1.94. The first-order chi connectivity index (χ1) is 18.0. The molecule has 8 nitrogen and oxygen atoms in total. The molecule has 5 rings (SSSR count). The number of nitrogens with one attached hydrogen (secondary N) is 1. The second-order valence-corrected chi connectivity index (χ2v) is 8.43. The van der Waals surface area contributed by atoms with Gasteiger partial charge in [0.15, 0.2) is 5.82 Å². The minimum atomic E-state index is -0.602. The van der Waals surface area contributed by atoms with Crippen molar-refractivity contribution in [2.75, 3.05) is 11.9 Å². The Bertz CT molecular complexity index is 1580. The minimum Gasteiger partial charge on any atom is -0.329 e. The van der Waals surface area contributed by atoms with Gasteiger partial charge in [-0.25, -0.2) is 4.79 Å². The summed E-state index contributed by atoms with van der Waals surface area (Å²) in [4.78, 5) is 29.9. The number of aromatic amines is 1. The van der Waals surface area contributed by atoms with E-state index in [2.05, 4.69) is 24.6 Å².